The van der Waals surface area contributed by atoms with Gasteiger partial charge in [-0.2, -0.15) is 0 Å². The summed E-state index contributed by atoms with van der Waals surface area (Å²) in [4.78, 5) is 29.0. The standard InChI is InChI=1S/C21H22ClFN2O2/c1-2-16-14-24(21(27)17-9-6-10-18(22)20(17)23)12-11-19(26)25(16)13-15-7-4-3-5-8-15/h3-10,16H,2,11-14H2,1H3/t16-/m1/s1. The van der Waals surface area contributed by atoms with Crippen LogP contribution in [0.25, 0.3) is 0 Å². The van der Waals surface area contributed by atoms with Crippen LogP contribution in [-0.2, 0) is 11.3 Å². The SMILES string of the molecule is CC[C@@H]1CN(C(=O)c2cccc(Cl)c2F)CCC(=O)N1Cc1ccccc1. The van der Waals surface area contributed by atoms with Crippen molar-refractivity contribution in [2.24, 2.45) is 0 Å². The van der Waals surface area contributed by atoms with E-state index >= 15 is 0 Å². The Morgan fingerprint density at radius 3 is 2.63 bits per heavy atom. The van der Waals surface area contributed by atoms with Crippen LogP contribution in [0.15, 0.2) is 48.5 Å². The van der Waals surface area contributed by atoms with Gasteiger partial charge in [0.25, 0.3) is 5.91 Å². The Morgan fingerprint density at radius 1 is 1.19 bits per heavy atom. The third-order valence-corrected chi connectivity index (χ3v) is 5.22. The lowest BCUT2D eigenvalue weighted by Crippen LogP contribution is -2.43. The number of rotatable bonds is 4. The molecule has 1 fully saturated rings. The molecule has 1 heterocycles. The first kappa shape index (κ1) is 19.4. The summed E-state index contributed by atoms with van der Waals surface area (Å²) in [5.41, 5.74) is 0.992. The maximum Gasteiger partial charge on any atom is 0.256 e. The molecular weight excluding hydrogens is 367 g/mol. The summed E-state index contributed by atoms with van der Waals surface area (Å²) in [7, 11) is 0. The number of hydrogen-bond acceptors (Lipinski definition) is 2. The van der Waals surface area contributed by atoms with Crippen LogP contribution in [0, 0.1) is 5.82 Å². The second-order valence-corrected chi connectivity index (χ2v) is 7.08. The molecule has 0 radical (unpaired) electrons. The zero-order valence-corrected chi connectivity index (χ0v) is 16.0. The molecule has 142 valence electrons. The van der Waals surface area contributed by atoms with E-state index in [0.29, 0.717) is 19.5 Å². The van der Waals surface area contributed by atoms with Crippen LogP contribution < -0.4 is 0 Å². The minimum Gasteiger partial charge on any atom is -0.336 e. The van der Waals surface area contributed by atoms with Gasteiger partial charge in [-0.3, -0.25) is 9.59 Å². The Morgan fingerprint density at radius 2 is 1.93 bits per heavy atom. The summed E-state index contributed by atoms with van der Waals surface area (Å²) in [5, 5.41) is -0.0792. The van der Waals surface area contributed by atoms with Crippen molar-refractivity contribution < 1.29 is 14.0 Å². The van der Waals surface area contributed by atoms with Crippen molar-refractivity contribution in [1.29, 1.82) is 0 Å². The molecule has 2 aromatic carbocycles. The van der Waals surface area contributed by atoms with Gasteiger partial charge in [0.05, 0.1) is 10.6 Å². The van der Waals surface area contributed by atoms with E-state index in [1.54, 1.807) is 11.0 Å². The summed E-state index contributed by atoms with van der Waals surface area (Å²) in [6, 6.07) is 14.1. The monoisotopic (exact) mass is 388 g/mol. The average molecular weight is 389 g/mol. The van der Waals surface area contributed by atoms with Crippen LogP contribution in [0.5, 0.6) is 0 Å². The van der Waals surface area contributed by atoms with Crippen LogP contribution >= 0.6 is 11.6 Å². The minimum absolute atomic E-state index is 0.00701. The van der Waals surface area contributed by atoms with Crippen molar-refractivity contribution in [1.82, 2.24) is 9.80 Å². The van der Waals surface area contributed by atoms with Gasteiger partial charge >= 0.3 is 0 Å². The van der Waals surface area contributed by atoms with E-state index in [1.165, 1.54) is 12.1 Å². The molecule has 27 heavy (non-hydrogen) atoms. The normalized spacial score (nSPS) is 17.7. The summed E-state index contributed by atoms with van der Waals surface area (Å²) < 4.78 is 14.3. The molecular formula is C21H22ClFN2O2. The number of hydrogen-bond donors (Lipinski definition) is 0. The highest BCUT2D eigenvalue weighted by molar-refractivity contribution is 6.31. The quantitative estimate of drug-likeness (QED) is 0.790. The molecule has 0 spiro atoms. The van der Waals surface area contributed by atoms with Gasteiger partial charge in [0.15, 0.2) is 5.82 Å². The van der Waals surface area contributed by atoms with Gasteiger partial charge in [-0.25, -0.2) is 4.39 Å². The van der Waals surface area contributed by atoms with Gasteiger partial charge in [-0.05, 0) is 24.1 Å². The maximum atomic E-state index is 14.3. The van der Waals surface area contributed by atoms with Crippen LogP contribution in [0.1, 0.15) is 35.7 Å². The Kier molecular flexibility index (Phi) is 6.11. The summed E-state index contributed by atoms with van der Waals surface area (Å²) >= 11 is 5.81. The first-order valence-corrected chi connectivity index (χ1v) is 9.45. The van der Waals surface area contributed by atoms with Crippen LogP contribution in [0.4, 0.5) is 4.39 Å². The molecule has 4 nitrogen and oxygen atoms in total. The first-order valence-electron chi connectivity index (χ1n) is 9.08. The minimum atomic E-state index is -0.714. The molecule has 1 aliphatic rings. The van der Waals surface area contributed by atoms with Gasteiger partial charge in [-0.1, -0.05) is 54.9 Å². The molecule has 0 aromatic heterocycles. The predicted octanol–water partition coefficient (Wildman–Crippen LogP) is 4.13. The molecule has 6 heteroatoms. The Balaban J connectivity index is 1.82. The summed E-state index contributed by atoms with van der Waals surface area (Å²) in [6.45, 7) is 3.14. The lowest BCUT2D eigenvalue weighted by atomic mass is 10.1. The number of benzene rings is 2. The Labute approximate surface area is 163 Å². The van der Waals surface area contributed by atoms with Gasteiger partial charge < -0.3 is 9.80 Å². The van der Waals surface area contributed by atoms with Crippen molar-refractivity contribution in [3.8, 4) is 0 Å². The fraction of sp³-hybridized carbons (Fsp3) is 0.333. The molecule has 1 aliphatic heterocycles. The fourth-order valence-electron chi connectivity index (χ4n) is 3.39. The van der Waals surface area contributed by atoms with Crippen molar-refractivity contribution in [3.05, 3.63) is 70.5 Å². The molecule has 1 saturated heterocycles. The third kappa shape index (κ3) is 4.30. The molecule has 2 amide bonds. The van der Waals surface area contributed by atoms with Crippen molar-refractivity contribution >= 4 is 23.4 Å². The van der Waals surface area contributed by atoms with E-state index in [4.69, 9.17) is 11.6 Å². The van der Waals surface area contributed by atoms with Crippen LogP contribution in [-0.4, -0.2) is 40.7 Å². The smallest absolute Gasteiger partial charge is 0.256 e. The topological polar surface area (TPSA) is 40.6 Å². The van der Waals surface area contributed by atoms with E-state index < -0.39 is 11.7 Å². The average Bonchev–Trinajstić information content (AvgIpc) is 2.84. The Hall–Kier alpha value is -2.40. The fourth-order valence-corrected chi connectivity index (χ4v) is 3.57. The lowest BCUT2D eigenvalue weighted by molar-refractivity contribution is -0.133. The number of carbonyl (C=O) groups excluding carboxylic acids is 2. The number of nitrogens with zero attached hydrogens (tertiary/aromatic N) is 2. The maximum absolute atomic E-state index is 14.3. The van der Waals surface area contributed by atoms with Crippen molar-refractivity contribution in [2.75, 3.05) is 13.1 Å². The number of halogens is 2. The third-order valence-electron chi connectivity index (χ3n) is 4.92. The zero-order valence-electron chi connectivity index (χ0n) is 15.2. The van der Waals surface area contributed by atoms with E-state index in [1.807, 2.05) is 42.2 Å². The molecule has 1 atom stereocenters. The van der Waals surface area contributed by atoms with Crippen molar-refractivity contribution in [2.45, 2.75) is 32.4 Å². The molecule has 0 N–H and O–H groups in total. The molecule has 3 rings (SSSR count). The first-order chi connectivity index (χ1) is 13.0. The van der Waals surface area contributed by atoms with E-state index in [2.05, 4.69) is 0 Å². The zero-order chi connectivity index (χ0) is 19.4. The number of carbonyl (C=O) groups is 2. The van der Waals surface area contributed by atoms with Crippen molar-refractivity contribution in [3.63, 3.8) is 0 Å². The molecule has 0 bridgehead atoms. The molecule has 2 aromatic rings. The largest absolute Gasteiger partial charge is 0.336 e. The lowest BCUT2D eigenvalue weighted by Gasteiger charge is -2.31. The van der Waals surface area contributed by atoms with Gasteiger partial charge in [0, 0.05) is 32.1 Å². The second-order valence-electron chi connectivity index (χ2n) is 6.67. The molecule has 0 saturated carbocycles. The second kappa shape index (κ2) is 8.53. The molecule has 0 unspecified atom stereocenters. The predicted molar refractivity (Wildman–Crippen MR) is 103 cm³/mol. The highest BCUT2D eigenvalue weighted by atomic mass is 35.5. The van der Waals surface area contributed by atoms with E-state index in [-0.39, 0.29) is 35.5 Å². The van der Waals surface area contributed by atoms with E-state index in [9.17, 15) is 14.0 Å². The van der Waals surface area contributed by atoms with Gasteiger partial charge in [0.1, 0.15) is 0 Å². The summed E-state index contributed by atoms with van der Waals surface area (Å²) in [6.07, 6.45) is 0.928. The van der Waals surface area contributed by atoms with Crippen LogP contribution in [0.2, 0.25) is 5.02 Å². The summed E-state index contributed by atoms with van der Waals surface area (Å²) in [5.74, 6) is -1.13. The van der Waals surface area contributed by atoms with E-state index in [0.717, 1.165) is 5.56 Å². The highest BCUT2D eigenvalue weighted by Gasteiger charge is 2.32. The van der Waals surface area contributed by atoms with Crippen LogP contribution in [0.3, 0.4) is 0 Å². The van der Waals surface area contributed by atoms with Gasteiger partial charge in [-0.15, -0.1) is 0 Å². The highest BCUT2D eigenvalue weighted by Crippen LogP contribution is 2.22. The number of amides is 2. The Bertz CT molecular complexity index is 828. The van der Waals surface area contributed by atoms with Gasteiger partial charge in [0.2, 0.25) is 5.91 Å². The molecule has 0 aliphatic carbocycles.